The summed E-state index contributed by atoms with van der Waals surface area (Å²) in [6, 6.07) is 9.27. The average molecular weight is 277 g/mol. The molecule has 2 rings (SSSR count). The minimum absolute atomic E-state index is 0.448. The van der Waals surface area contributed by atoms with E-state index in [-0.39, 0.29) is 0 Å². The number of para-hydroxylation sites is 1. The summed E-state index contributed by atoms with van der Waals surface area (Å²) in [6.07, 6.45) is 3.35. The highest BCUT2D eigenvalue weighted by Crippen LogP contribution is 2.21. The minimum Gasteiger partial charge on any atom is -0.496 e. The minimum atomic E-state index is 0.448. The molecule has 1 aromatic rings. The summed E-state index contributed by atoms with van der Waals surface area (Å²) >= 11 is 0. The molecule has 0 bridgehead atoms. The number of hydrogen-bond donors (Lipinski definition) is 1. The van der Waals surface area contributed by atoms with Crippen molar-refractivity contribution < 1.29 is 9.47 Å². The molecule has 0 spiro atoms. The first-order chi connectivity index (χ1) is 9.70. The molecular weight excluding hydrogens is 250 g/mol. The van der Waals surface area contributed by atoms with Crippen LogP contribution in [0.1, 0.15) is 32.3 Å². The second kappa shape index (κ2) is 7.65. The summed E-state index contributed by atoms with van der Waals surface area (Å²) in [4.78, 5) is 0. The van der Waals surface area contributed by atoms with Crippen molar-refractivity contribution in [2.24, 2.45) is 5.92 Å². The fraction of sp³-hybridized carbons (Fsp3) is 0.647. The van der Waals surface area contributed by atoms with Gasteiger partial charge in [-0.15, -0.1) is 0 Å². The molecule has 112 valence electrons. The average Bonchev–Trinajstić information content (AvgIpc) is 2.48. The Morgan fingerprint density at radius 3 is 2.65 bits per heavy atom. The Hall–Kier alpha value is -1.06. The van der Waals surface area contributed by atoms with Crippen molar-refractivity contribution in [2.45, 2.75) is 45.2 Å². The third kappa shape index (κ3) is 4.22. The van der Waals surface area contributed by atoms with Crippen molar-refractivity contribution in [3.05, 3.63) is 29.8 Å². The van der Waals surface area contributed by atoms with Gasteiger partial charge in [-0.05, 0) is 50.7 Å². The normalized spacial score (nSPS) is 19.6. The highest BCUT2D eigenvalue weighted by atomic mass is 16.5. The number of rotatable bonds is 6. The number of benzene rings is 1. The molecule has 1 N–H and O–H groups in total. The van der Waals surface area contributed by atoms with Crippen molar-refractivity contribution in [3.8, 4) is 5.75 Å². The Balaban J connectivity index is 1.86. The van der Waals surface area contributed by atoms with E-state index in [1.807, 2.05) is 12.1 Å². The van der Waals surface area contributed by atoms with Crippen LogP contribution in [0.5, 0.6) is 5.75 Å². The summed E-state index contributed by atoms with van der Waals surface area (Å²) in [6.45, 7) is 6.38. The summed E-state index contributed by atoms with van der Waals surface area (Å²) in [5, 5.41) is 3.74. The molecule has 0 saturated carbocycles. The molecule has 1 heterocycles. The largest absolute Gasteiger partial charge is 0.496 e. The smallest absolute Gasteiger partial charge is 0.122 e. The van der Waals surface area contributed by atoms with Gasteiger partial charge in [0.1, 0.15) is 5.75 Å². The van der Waals surface area contributed by atoms with E-state index in [1.54, 1.807) is 7.11 Å². The molecular formula is C17H27NO2. The maximum atomic E-state index is 5.44. The Morgan fingerprint density at radius 1 is 1.25 bits per heavy atom. The monoisotopic (exact) mass is 277 g/mol. The van der Waals surface area contributed by atoms with E-state index in [0.29, 0.717) is 12.1 Å². The van der Waals surface area contributed by atoms with E-state index >= 15 is 0 Å². The van der Waals surface area contributed by atoms with E-state index < -0.39 is 0 Å². The van der Waals surface area contributed by atoms with Gasteiger partial charge in [0.05, 0.1) is 7.11 Å². The lowest BCUT2D eigenvalue weighted by molar-refractivity contribution is 0.0547. The molecule has 1 aliphatic heterocycles. The SMILES string of the molecule is COc1ccccc1CC(C)NC(C)C1CCOCC1. The number of ether oxygens (including phenoxy) is 2. The van der Waals surface area contributed by atoms with E-state index in [0.717, 1.165) is 31.3 Å². The fourth-order valence-corrected chi connectivity index (χ4v) is 3.06. The zero-order chi connectivity index (χ0) is 14.4. The first-order valence-electron chi connectivity index (χ1n) is 7.66. The Bertz CT molecular complexity index is 402. The second-order valence-corrected chi connectivity index (χ2v) is 5.82. The third-order valence-corrected chi connectivity index (χ3v) is 4.24. The van der Waals surface area contributed by atoms with Gasteiger partial charge in [0.25, 0.3) is 0 Å². The number of hydrogen-bond acceptors (Lipinski definition) is 3. The van der Waals surface area contributed by atoms with Crippen molar-refractivity contribution in [2.75, 3.05) is 20.3 Å². The molecule has 0 aliphatic carbocycles. The number of methoxy groups -OCH3 is 1. The molecule has 3 nitrogen and oxygen atoms in total. The lowest BCUT2D eigenvalue weighted by atomic mass is 9.92. The highest BCUT2D eigenvalue weighted by Gasteiger charge is 2.21. The van der Waals surface area contributed by atoms with Crippen LogP contribution in [-0.2, 0) is 11.2 Å². The molecule has 0 radical (unpaired) electrons. The van der Waals surface area contributed by atoms with Crippen molar-refractivity contribution in [3.63, 3.8) is 0 Å². The zero-order valence-electron chi connectivity index (χ0n) is 12.9. The van der Waals surface area contributed by atoms with Crippen LogP contribution >= 0.6 is 0 Å². The molecule has 0 amide bonds. The second-order valence-electron chi connectivity index (χ2n) is 5.82. The van der Waals surface area contributed by atoms with Gasteiger partial charge >= 0.3 is 0 Å². The molecule has 1 saturated heterocycles. The standard InChI is InChI=1S/C17H27NO2/c1-13(12-16-6-4-5-7-17(16)19-3)18-14(2)15-8-10-20-11-9-15/h4-7,13-15,18H,8-12H2,1-3H3. The highest BCUT2D eigenvalue weighted by molar-refractivity contribution is 5.33. The summed E-state index contributed by atoms with van der Waals surface area (Å²) in [5.41, 5.74) is 1.27. The van der Waals surface area contributed by atoms with Crippen LogP contribution in [0, 0.1) is 5.92 Å². The van der Waals surface area contributed by atoms with E-state index in [2.05, 4.69) is 31.3 Å². The molecule has 1 aromatic carbocycles. The maximum absolute atomic E-state index is 5.44. The Kier molecular flexibility index (Phi) is 5.86. The van der Waals surface area contributed by atoms with Gasteiger partial charge in [-0.25, -0.2) is 0 Å². The quantitative estimate of drug-likeness (QED) is 0.867. The molecule has 2 atom stereocenters. The predicted octanol–water partition coefficient (Wildman–Crippen LogP) is 3.03. The van der Waals surface area contributed by atoms with Gasteiger partial charge in [-0.3, -0.25) is 0 Å². The van der Waals surface area contributed by atoms with Gasteiger partial charge in [0.2, 0.25) is 0 Å². The van der Waals surface area contributed by atoms with Crippen LogP contribution in [0.4, 0.5) is 0 Å². The van der Waals surface area contributed by atoms with E-state index in [1.165, 1.54) is 18.4 Å². The van der Waals surface area contributed by atoms with Crippen LogP contribution in [0.25, 0.3) is 0 Å². The first kappa shape index (κ1) is 15.3. The van der Waals surface area contributed by atoms with Gasteiger partial charge in [0, 0.05) is 25.3 Å². The Morgan fingerprint density at radius 2 is 1.95 bits per heavy atom. The lowest BCUT2D eigenvalue weighted by Gasteiger charge is -2.31. The summed E-state index contributed by atoms with van der Waals surface area (Å²) in [7, 11) is 1.74. The third-order valence-electron chi connectivity index (χ3n) is 4.24. The lowest BCUT2D eigenvalue weighted by Crippen LogP contribution is -2.42. The van der Waals surface area contributed by atoms with Crippen molar-refractivity contribution in [1.29, 1.82) is 0 Å². The summed E-state index contributed by atoms with van der Waals surface area (Å²) < 4.78 is 10.9. The molecule has 20 heavy (non-hydrogen) atoms. The van der Waals surface area contributed by atoms with Crippen LogP contribution < -0.4 is 10.1 Å². The van der Waals surface area contributed by atoms with Crippen LogP contribution in [-0.4, -0.2) is 32.4 Å². The first-order valence-corrected chi connectivity index (χ1v) is 7.66. The van der Waals surface area contributed by atoms with E-state index in [4.69, 9.17) is 9.47 Å². The van der Waals surface area contributed by atoms with Gasteiger partial charge in [0.15, 0.2) is 0 Å². The summed E-state index contributed by atoms with van der Waals surface area (Å²) in [5.74, 6) is 1.73. The van der Waals surface area contributed by atoms with Crippen LogP contribution in [0.15, 0.2) is 24.3 Å². The molecule has 1 fully saturated rings. The van der Waals surface area contributed by atoms with Gasteiger partial charge < -0.3 is 14.8 Å². The van der Waals surface area contributed by atoms with E-state index in [9.17, 15) is 0 Å². The van der Waals surface area contributed by atoms with Crippen LogP contribution in [0.2, 0.25) is 0 Å². The van der Waals surface area contributed by atoms with Crippen molar-refractivity contribution in [1.82, 2.24) is 5.32 Å². The fourth-order valence-electron chi connectivity index (χ4n) is 3.06. The van der Waals surface area contributed by atoms with Crippen molar-refractivity contribution >= 4 is 0 Å². The molecule has 2 unspecified atom stereocenters. The molecule has 3 heteroatoms. The Labute approximate surface area is 122 Å². The zero-order valence-corrected chi connectivity index (χ0v) is 12.9. The van der Waals surface area contributed by atoms with Crippen LogP contribution in [0.3, 0.4) is 0 Å². The maximum Gasteiger partial charge on any atom is 0.122 e. The number of nitrogens with one attached hydrogen (secondary N) is 1. The van der Waals surface area contributed by atoms with Gasteiger partial charge in [-0.1, -0.05) is 18.2 Å². The molecule has 0 aromatic heterocycles. The topological polar surface area (TPSA) is 30.5 Å². The predicted molar refractivity (Wildman–Crippen MR) is 82.3 cm³/mol. The van der Waals surface area contributed by atoms with Gasteiger partial charge in [-0.2, -0.15) is 0 Å². The molecule has 1 aliphatic rings.